The third-order valence-corrected chi connectivity index (χ3v) is 5.01. The van der Waals surface area contributed by atoms with Crippen LogP contribution in [0.15, 0.2) is 58.4 Å². The number of guanidine groups is 1. The minimum atomic E-state index is -3.22. The van der Waals surface area contributed by atoms with E-state index in [2.05, 4.69) is 10.3 Å². The van der Waals surface area contributed by atoms with Gasteiger partial charge in [0.2, 0.25) is 0 Å². The van der Waals surface area contributed by atoms with Gasteiger partial charge in [-0.15, -0.1) is 0 Å². The molecule has 0 radical (unpaired) electrons. The molecule has 0 aliphatic carbocycles. The van der Waals surface area contributed by atoms with E-state index in [4.69, 9.17) is 4.74 Å². The average Bonchev–Trinajstić information content (AvgIpc) is 2.64. The second-order valence-corrected chi connectivity index (χ2v) is 8.33. The van der Waals surface area contributed by atoms with Gasteiger partial charge in [-0.25, -0.2) is 17.8 Å². The molecule has 0 fully saturated rings. The second-order valence-electron chi connectivity index (χ2n) is 6.31. The van der Waals surface area contributed by atoms with Crippen LogP contribution in [-0.4, -0.2) is 52.3 Å². The molecule has 2 aromatic carbocycles. The molecular formula is C20H26FN3O3S. The van der Waals surface area contributed by atoms with E-state index in [-0.39, 0.29) is 10.7 Å². The van der Waals surface area contributed by atoms with Crippen molar-refractivity contribution in [1.82, 2.24) is 10.2 Å². The maximum atomic E-state index is 13.4. The number of benzene rings is 2. The summed E-state index contributed by atoms with van der Waals surface area (Å²) in [6, 6.07) is 12.8. The van der Waals surface area contributed by atoms with Crippen molar-refractivity contribution in [2.24, 2.45) is 4.99 Å². The molecule has 0 bridgehead atoms. The van der Waals surface area contributed by atoms with Crippen LogP contribution < -0.4 is 10.1 Å². The number of aliphatic imine (C=N–C) groups is 1. The highest BCUT2D eigenvalue weighted by Gasteiger charge is 2.08. The molecule has 0 saturated heterocycles. The molecule has 0 aliphatic rings. The zero-order valence-electron chi connectivity index (χ0n) is 16.4. The van der Waals surface area contributed by atoms with E-state index in [0.717, 1.165) is 5.56 Å². The van der Waals surface area contributed by atoms with E-state index in [1.807, 2.05) is 24.9 Å². The van der Waals surface area contributed by atoms with Gasteiger partial charge in [0.25, 0.3) is 0 Å². The summed E-state index contributed by atoms with van der Waals surface area (Å²) in [5.41, 5.74) is 0.857. The fourth-order valence-electron chi connectivity index (χ4n) is 2.55. The van der Waals surface area contributed by atoms with Crippen molar-refractivity contribution in [3.05, 3.63) is 59.9 Å². The normalized spacial score (nSPS) is 11.9. The number of ether oxygens (including phenoxy) is 1. The molecule has 2 rings (SSSR count). The molecule has 2 aromatic rings. The molecule has 0 heterocycles. The smallest absolute Gasteiger partial charge is 0.194 e. The molecule has 0 spiro atoms. The van der Waals surface area contributed by atoms with Crippen LogP contribution in [0.3, 0.4) is 0 Å². The van der Waals surface area contributed by atoms with Crippen molar-refractivity contribution in [2.75, 3.05) is 33.0 Å². The first-order valence-corrected chi connectivity index (χ1v) is 10.9. The molecule has 0 saturated carbocycles. The highest BCUT2D eigenvalue weighted by Crippen LogP contribution is 2.15. The third-order valence-electron chi connectivity index (χ3n) is 3.88. The fourth-order valence-corrected chi connectivity index (χ4v) is 3.18. The van der Waals surface area contributed by atoms with Crippen LogP contribution in [0, 0.1) is 5.82 Å². The van der Waals surface area contributed by atoms with E-state index in [0.29, 0.717) is 38.0 Å². The summed E-state index contributed by atoms with van der Waals surface area (Å²) in [5.74, 6) is 1.02. The quantitative estimate of drug-likeness (QED) is 0.414. The van der Waals surface area contributed by atoms with Gasteiger partial charge < -0.3 is 15.0 Å². The van der Waals surface area contributed by atoms with Crippen LogP contribution in [0.5, 0.6) is 5.75 Å². The highest BCUT2D eigenvalue weighted by atomic mass is 32.2. The van der Waals surface area contributed by atoms with Crippen LogP contribution in [0.25, 0.3) is 0 Å². The summed E-state index contributed by atoms with van der Waals surface area (Å²) in [7, 11) is -1.33. The summed E-state index contributed by atoms with van der Waals surface area (Å²) < 4.78 is 41.9. The van der Waals surface area contributed by atoms with Gasteiger partial charge in [0.15, 0.2) is 15.8 Å². The Kier molecular flexibility index (Phi) is 7.80. The standard InChI is InChI=1S/C20H26FN3O3S/c1-4-22-20(24(2)15-16-6-5-7-17(21)14-16)23-12-13-27-18-8-10-19(11-9-18)28(3,25)26/h5-11,14H,4,12-13,15H2,1-3H3,(H,22,23). The van der Waals surface area contributed by atoms with Gasteiger partial charge in [0.05, 0.1) is 11.4 Å². The van der Waals surface area contributed by atoms with Crippen molar-refractivity contribution >= 4 is 15.8 Å². The van der Waals surface area contributed by atoms with Crippen molar-refractivity contribution in [3.8, 4) is 5.75 Å². The van der Waals surface area contributed by atoms with E-state index >= 15 is 0 Å². The number of rotatable bonds is 8. The largest absolute Gasteiger partial charge is 0.492 e. The SMILES string of the molecule is CCNC(=NCCOc1ccc(S(C)(=O)=O)cc1)N(C)Cc1cccc(F)c1. The summed E-state index contributed by atoms with van der Waals surface area (Å²) in [6.07, 6.45) is 1.17. The average molecular weight is 408 g/mol. The summed E-state index contributed by atoms with van der Waals surface area (Å²) in [5, 5.41) is 3.20. The number of halogens is 1. The molecule has 152 valence electrons. The monoisotopic (exact) mass is 407 g/mol. The van der Waals surface area contributed by atoms with Gasteiger partial charge in [-0.3, -0.25) is 0 Å². The van der Waals surface area contributed by atoms with Gasteiger partial charge in [0, 0.05) is 26.4 Å². The van der Waals surface area contributed by atoms with Crippen LogP contribution in [0.2, 0.25) is 0 Å². The maximum absolute atomic E-state index is 13.4. The zero-order valence-corrected chi connectivity index (χ0v) is 17.2. The predicted octanol–water partition coefficient (Wildman–Crippen LogP) is 2.71. The number of nitrogens with one attached hydrogen (secondary N) is 1. The Bertz CT molecular complexity index is 899. The first kappa shape index (κ1) is 21.7. The molecule has 8 heteroatoms. The lowest BCUT2D eigenvalue weighted by Gasteiger charge is -2.22. The predicted molar refractivity (Wildman–Crippen MR) is 109 cm³/mol. The Morgan fingerprint density at radius 3 is 2.54 bits per heavy atom. The molecule has 6 nitrogen and oxygen atoms in total. The Morgan fingerprint density at radius 2 is 1.93 bits per heavy atom. The minimum Gasteiger partial charge on any atom is -0.492 e. The Labute approximate surface area is 166 Å². The lowest BCUT2D eigenvalue weighted by atomic mass is 10.2. The fraction of sp³-hybridized carbons (Fsp3) is 0.350. The van der Waals surface area contributed by atoms with E-state index in [1.54, 1.807) is 18.2 Å². The Hall–Kier alpha value is -2.61. The topological polar surface area (TPSA) is 71.0 Å². The van der Waals surface area contributed by atoms with E-state index in [9.17, 15) is 12.8 Å². The van der Waals surface area contributed by atoms with Crippen molar-refractivity contribution in [3.63, 3.8) is 0 Å². The lowest BCUT2D eigenvalue weighted by Crippen LogP contribution is -2.38. The molecule has 0 amide bonds. The van der Waals surface area contributed by atoms with Gasteiger partial charge in [0.1, 0.15) is 18.2 Å². The highest BCUT2D eigenvalue weighted by molar-refractivity contribution is 7.90. The molecule has 0 aliphatic heterocycles. The van der Waals surface area contributed by atoms with Gasteiger partial charge >= 0.3 is 0 Å². The Morgan fingerprint density at radius 1 is 1.21 bits per heavy atom. The van der Waals surface area contributed by atoms with Crippen LogP contribution in [0.4, 0.5) is 4.39 Å². The molecular weight excluding hydrogens is 381 g/mol. The first-order valence-electron chi connectivity index (χ1n) is 8.96. The van der Waals surface area contributed by atoms with Crippen LogP contribution in [-0.2, 0) is 16.4 Å². The Balaban J connectivity index is 1.91. The van der Waals surface area contributed by atoms with Gasteiger partial charge in [-0.05, 0) is 48.9 Å². The van der Waals surface area contributed by atoms with E-state index in [1.165, 1.54) is 30.5 Å². The van der Waals surface area contributed by atoms with Gasteiger partial charge in [-0.2, -0.15) is 0 Å². The number of sulfone groups is 1. The summed E-state index contributed by atoms with van der Waals surface area (Å²) in [6.45, 7) is 3.98. The maximum Gasteiger partial charge on any atom is 0.194 e. The number of nitrogens with zero attached hydrogens (tertiary/aromatic N) is 2. The summed E-state index contributed by atoms with van der Waals surface area (Å²) >= 11 is 0. The third kappa shape index (κ3) is 6.84. The van der Waals surface area contributed by atoms with E-state index < -0.39 is 9.84 Å². The first-order chi connectivity index (χ1) is 13.3. The van der Waals surface area contributed by atoms with Gasteiger partial charge in [-0.1, -0.05) is 12.1 Å². The minimum absolute atomic E-state index is 0.256. The van der Waals surface area contributed by atoms with Crippen molar-refractivity contribution < 1.29 is 17.5 Å². The summed E-state index contributed by atoms with van der Waals surface area (Å²) in [4.78, 5) is 6.69. The molecule has 0 atom stereocenters. The molecule has 1 N–H and O–H groups in total. The van der Waals surface area contributed by atoms with Crippen LogP contribution >= 0.6 is 0 Å². The second kappa shape index (κ2) is 10.1. The zero-order chi connectivity index (χ0) is 20.6. The number of hydrogen-bond donors (Lipinski definition) is 1. The molecule has 0 unspecified atom stereocenters. The molecule has 0 aromatic heterocycles. The lowest BCUT2D eigenvalue weighted by molar-refractivity contribution is 0.327. The molecule has 28 heavy (non-hydrogen) atoms. The number of hydrogen-bond acceptors (Lipinski definition) is 4. The van der Waals surface area contributed by atoms with Crippen molar-refractivity contribution in [1.29, 1.82) is 0 Å². The van der Waals surface area contributed by atoms with Crippen LogP contribution in [0.1, 0.15) is 12.5 Å². The van der Waals surface area contributed by atoms with Crippen molar-refractivity contribution in [2.45, 2.75) is 18.4 Å².